The lowest BCUT2D eigenvalue weighted by molar-refractivity contribution is -0.134. The van der Waals surface area contributed by atoms with Crippen molar-refractivity contribution in [2.75, 3.05) is 42.5 Å². The Kier molecular flexibility index (Phi) is 5.15. The number of carbonyl (C=O) groups is 3. The van der Waals surface area contributed by atoms with Gasteiger partial charge in [0.2, 0.25) is 17.7 Å². The summed E-state index contributed by atoms with van der Waals surface area (Å²) in [5, 5.41) is 0. The summed E-state index contributed by atoms with van der Waals surface area (Å²) in [6.07, 6.45) is 0.183. The van der Waals surface area contributed by atoms with Crippen LogP contribution in [0.4, 0.5) is 11.4 Å². The van der Waals surface area contributed by atoms with E-state index in [4.69, 9.17) is 5.73 Å². The Morgan fingerprint density at radius 3 is 2.12 bits per heavy atom. The molecule has 0 aliphatic carbocycles. The molecule has 0 saturated carbocycles. The highest BCUT2D eigenvalue weighted by molar-refractivity contribution is 6.00. The van der Waals surface area contributed by atoms with Crippen LogP contribution >= 0.6 is 0 Å². The molecule has 26 heavy (non-hydrogen) atoms. The summed E-state index contributed by atoms with van der Waals surface area (Å²) in [5.74, 6) is -0.665. The monoisotopic (exact) mass is 358 g/mol. The molecule has 2 aliphatic rings. The van der Waals surface area contributed by atoms with Crippen molar-refractivity contribution in [1.29, 1.82) is 0 Å². The van der Waals surface area contributed by atoms with Gasteiger partial charge in [-0.2, -0.15) is 0 Å². The molecule has 1 atom stereocenters. The molecular weight excluding hydrogens is 332 g/mol. The lowest BCUT2D eigenvalue weighted by Crippen LogP contribution is -2.49. The molecule has 3 rings (SSSR count). The Balaban J connectivity index is 1.61. The average Bonchev–Trinajstić information content (AvgIpc) is 3.03. The zero-order chi connectivity index (χ0) is 18.8. The number of nitrogens with zero attached hydrogens (tertiary/aromatic N) is 3. The first-order valence-corrected chi connectivity index (χ1v) is 9.10. The first-order valence-electron chi connectivity index (χ1n) is 9.10. The summed E-state index contributed by atoms with van der Waals surface area (Å²) in [5.41, 5.74) is 7.18. The summed E-state index contributed by atoms with van der Waals surface area (Å²) in [6.45, 7) is 7.25. The van der Waals surface area contributed by atoms with E-state index in [2.05, 4.69) is 4.90 Å². The van der Waals surface area contributed by atoms with Crippen molar-refractivity contribution < 1.29 is 14.4 Å². The van der Waals surface area contributed by atoms with Gasteiger partial charge in [-0.3, -0.25) is 14.4 Å². The molecule has 3 amide bonds. The number of primary amides is 1. The van der Waals surface area contributed by atoms with Crippen LogP contribution in [0, 0.1) is 11.8 Å². The minimum atomic E-state index is -0.425. The second-order valence-corrected chi connectivity index (χ2v) is 7.29. The summed E-state index contributed by atoms with van der Waals surface area (Å²) < 4.78 is 0. The first-order chi connectivity index (χ1) is 12.4. The molecule has 7 heteroatoms. The number of carbonyl (C=O) groups excluding carboxylic acids is 3. The van der Waals surface area contributed by atoms with Gasteiger partial charge < -0.3 is 20.4 Å². The van der Waals surface area contributed by atoms with Crippen molar-refractivity contribution in [1.82, 2.24) is 4.90 Å². The number of anilines is 2. The van der Waals surface area contributed by atoms with Gasteiger partial charge in [-0.05, 0) is 24.3 Å². The summed E-state index contributed by atoms with van der Waals surface area (Å²) in [7, 11) is 0. The third-order valence-corrected chi connectivity index (χ3v) is 5.14. The lowest BCUT2D eigenvalue weighted by atomic mass is 10.1. The molecule has 7 nitrogen and oxygen atoms in total. The molecule has 1 unspecified atom stereocenters. The molecule has 2 heterocycles. The van der Waals surface area contributed by atoms with Gasteiger partial charge >= 0.3 is 0 Å². The Morgan fingerprint density at radius 1 is 1.04 bits per heavy atom. The molecule has 2 aliphatic heterocycles. The number of hydrogen-bond acceptors (Lipinski definition) is 4. The number of rotatable bonds is 4. The molecule has 0 radical (unpaired) electrons. The highest BCUT2D eigenvalue weighted by Gasteiger charge is 2.34. The van der Waals surface area contributed by atoms with E-state index in [1.807, 2.05) is 43.0 Å². The Hall–Kier alpha value is -2.57. The van der Waals surface area contributed by atoms with E-state index in [1.54, 1.807) is 4.90 Å². The fourth-order valence-electron chi connectivity index (χ4n) is 3.54. The molecule has 2 N–H and O–H groups in total. The van der Waals surface area contributed by atoms with E-state index in [1.165, 1.54) is 0 Å². The van der Waals surface area contributed by atoms with Crippen LogP contribution in [0.15, 0.2) is 24.3 Å². The van der Waals surface area contributed by atoms with Gasteiger partial charge in [0.15, 0.2) is 0 Å². The highest BCUT2D eigenvalue weighted by atomic mass is 16.2. The summed E-state index contributed by atoms with van der Waals surface area (Å²) in [6, 6.07) is 7.78. The van der Waals surface area contributed by atoms with E-state index < -0.39 is 11.8 Å². The number of hydrogen-bond donors (Lipinski definition) is 1. The smallest absolute Gasteiger partial charge is 0.227 e. The fourth-order valence-corrected chi connectivity index (χ4v) is 3.54. The molecule has 0 spiro atoms. The standard InChI is InChI=1S/C19H26N4O3/c1-13(2)19(26)22-9-7-21(8-10-22)15-3-5-16(6-4-15)23-12-14(18(20)25)11-17(23)24/h3-6,13-14H,7-12H2,1-2H3,(H2,20,25). The van der Waals surface area contributed by atoms with E-state index >= 15 is 0 Å². The summed E-state index contributed by atoms with van der Waals surface area (Å²) >= 11 is 0. The van der Waals surface area contributed by atoms with Crippen molar-refractivity contribution in [3.05, 3.63) is 24.3 Å². The number of amides is 3. The largest absolute Gasteiger partial charge is 0.369 e. The molecule has 1 aromatic rings. The fraction of sp³-hybridized carbons (Fsp3) is 0.526. The van der Waals surface area contributed by atoms with Crippen LogP contribution < -0.4 is 15.5 Å². The zero-order valence-corrected chi connectivity index (χ0v) is 15.4. The Bertz CT molecular complexity index is 693. The molecule has 0 bridgehead atoms. The number of piperazine rings is 1. The molecule has 1 aromatic carbocycles. The van der Waals surface area contributed by atoms with E-state index in [0.717, 1.165) is 37.6 Å². The molecular formula is C19H26N4O3. The minimum Gasteiger partial charge on any atom is -0.369 e. The molecule has 140 valence electrons. The van der Waals surface area contributed by atoms with Gasteiger partial charge in [0.1, 0.15) is 0 Å². The second kappa shape index (κ2) is 7.35. The lowest BCUT2D eigenvalue weighted by Gasteiger charge is -2.37. The van der Waals surface area contributed by atoms with Crippen LogP contribution in [-0.2, 0) is 14.4 Å². The predicted octanol–water partition coefficient (Wildman–Crippen LogP) is 0.829. The molecule has 2 saturated heterocycles. The SMILES string of the molecule is CC(C)C(=O)N1CCN(c2ccc(N3CC(C(N)=O)CC3=O)cc2)CC1. The van der Waals surface area contributed by atoms with E-state index in [-0.39, 0.29) is 24.2 Å². The van der Waals surface area contributed by atoms with Crippen LogP contribution in [0.25, 0.3) is 0 Å². The van der Waals surface area contributed by atoms with E-state index in [9.17, 15) is 14.4 Å². The van der Waals surface area contributed by atoms with Crippen molar-refractivity contribution in [2.24, 2.45) is 17.6 Å². The van der Waals surface area contributed by atoms with Gasteiger partial charge in [0.05, 0.1) is 5.92 Å². The Morgan fingerprint density at radius 2 is 1.62 bits per heavy atom. The van der Waals surface area contributed by atoms with Crippen LogP contribution in [0.1, 0.15) is 20.3 Å². The van der Waals surface area contributed by atoms with Gasteiger partial charge in [-0.25, -0.2) is 0 Å². The highest BCUT2D eigenvalue weighted by Crippen LogP contribution is 2.27. The quantitative estimate of drug-likeness (QED) is 0.864. The van der Waals surface area contributed by atoms with Gasteiger partial charge in [-0.1, -0.05) is 13.8 Å². The van der Waals surface area contributed by atoms with Crippen molar-refractivity contribution in [3.8, 4) is 0 Å². The molecule has 2 fully saturated rings. The maximum Gasteiger partial charge on any atom is 0.227 e. The van der Waals surface area contributed by atoms with Gasteiger partial charge in [0.25, 0.3) is 0 Å². The normalized spacial score (nSPS) is 20.8. The van der Waals surface area contributed by atoms with Crippen molar-refractivity contribution in [2.45, 2.75) is 20.3 Å². The minimum absolute atomic E-state index is 0.0306. The van der Waals surface area contributed by atoms with Crippen molar-refractivity contribution in [3.63, 3.8) is 0 Å². The maximum absolute atomic E-state index is 12.1. The zero-order valence-electron chi connectivity index (χ0n) is 15.4. The molecule has 0 aromatic heterocycles. The number of benzene rings is 1. The first kappa shape index (κ1) is 18.2. The third kappa shape index (κ3) is 3.66. The van der Waals surface area contributed by atoms with Crippen molar-refractivity contribution >= 4 is 29.1 Å². The van der Waals surface area contributed by atoms with Crippen LogP contribution in [0.5, 0.6) is 0 Å². The van der Waals surface area contributed by atoms with Gasteiger partial charge in [0, 0.05) is 56.4 Å². The maximum atomic E-state index is 12.1. The average molecular weight is 358 g/mol. The summed E-state index contributed by atoms with van der Waals surface area (Å²) in [4.78, 5) is 41.3. The Labute approximate surface area is 153 Å². The predicted molar refractivity (Wildman–Crippen MR) is 99.7 cm³/mol. The van der Waals surface area contributed by atoms with E-state index in [0.29, 0.717) is 6.54 Å². The van der Waals surface area contributed by atoms with Crippen LogP contribution in [0.2, 0.25) is 0 Å². The van der Waals surface area contributed by atoms with Gasteiger partial charge in [-0.15, -0.1) is 0 Å². The topological polar surface area (TPSA) is 86.9 Å². The second-order valence-electron chi connectivity index (χ2n) is 7.29. The third-order valence-electron chi connectivity index (χ3n) is 5.14. The van der Waals surface area contributed by atoms with Crippen LogP contribution in [-0.4, -0.2) is 55.3 Å². The number of nitrogens with two attached hydrogens (primary N) is 1. The van der Waals surface area contributed by atoms with Crippen LogP contribution in [0.3, 0.4) is 0 Å².